The zero-order chi connectivity index (χ0) is 24.8. The predicted molar refractivity (Wildman–Crippen MR) is 121 cm³/mol. The van der Waals surface area contributed by atoms with E-state index >= 15 is 0 Å². The molecule has 2 rings (SSSR count). The molecule has 2 N–H and O–H groups in total. The van der Waals surface area contributed by atoms with Gasteiger partial charge >= 0.3 is 6.18 Å². The van der Waals surface area contributed by atoms with Crippen LogP contribution in [0.5, 0.6) is 0 Å². The molecule has 2 unspecified atom stereocenters. The monoisotopic (exact) mass is 481 g/mol. The van der Waals surface area contributed by atoms with Gasteiger partial charge in [0.15, 0.2) is 0 Å². The maximum absolute atomic E-state index is 14.0. The molecule has 1 aliphatic rings. The second kappa shape index (κ2) is 11.3. The first kappa shape index (κ1) is 26.4. The van der Waals surface area contributed by atoms with Crippen molar-refractivity contribution in [3.05, 3.63) is 53.1 Å². The molecule has 0 bridgehead atoms. The van der Waals surface area contributed by atoms with Gasteiger partial charge in [-0.15, -0.1) is 0 Å². The summed E-state index contributed by atoms with van der Waals surface area (Å²) in [5, 5.41) is 13.3. The molecule has 0 saturated heterocycles. The molecule has 1 amide bonds. The van der Waals surface area contributed by atoms with Gasteiger partial charge < -0.3 is 5.32 Å². The first-order chi connectivity index (χ1) is 15.4. The standard InChI is InChI=1S/C23H26F3N3O3S/c1-14(2)12-19(22(30)28-11-10-27)29-21(23(24,25)26)17-8-9-18(20(13-17)33(31)32)16-6-4-15(3)5-7-16/h4-9,14,19,21,29H,11-13H2,1-3H3,(H,28,30). The first-order valence-electron chi connectivity index (χ1n) is 10.3. The molecule has 1 aromatic carbocycles. The fraction of sp³-hybridized carbons (Fsp3) is 0.435. The lowest BCUT2D eigenvalue weighted by molar-refractivity contribution is -0.151. The SMILES string of the molecule is Cc1ccc(C2=CC=C(C(NC(CC(C)C)C(=O)NCC#N)C(F)(F)F)CC2=S(=O)=O)cc1. The van der Waals surface area contributed by atoms with Gasteiger partial charge in [0.2, 0.25) is 16.2 Å². The fourth-order valence-corrected chi connectivity index (χ4v) is 4.20. The molecular formula is C23H26F3N3O3S. The van der Waals surface area contributed by atoms with Crippen LogP contribution in [0.1, 0.15) is 37.8 Å². The highest BCUT2D eigenvalue weighted by molar-refractivity contribution is 7.74. The van der Waals surface area contributed by atoms with Gasteiger partial charge in [-0.25, -0.2) is 0 Å². The Labute approximate surface area is 192 Å². The lowest BCUT2D eigenvalue weighted by Crippen LogP contribution is -2.54. The summed E-state index contributed by atoms with van der Waals surface area (Å²) in [6.45, 7) is 5.06. The third kappa shape index (κ3) is 7.30. The molecule has 0 heterocycles. The lowest BCUT2D eigenvalue weighted by Gasteiger charge is -2.31. The number of carbonyl (C=O) groups excluding carboxylic acids is 1. The molecule has 1 aromatic rings. The van der Waals surface area contributed by atoms with Crippen LogP contribution in [0.15, 0.2) is 42.0 Å². The molecule has 0 fully saturated rings. The largest absolute Gasteiger partial charge is 0.407 e. The number of carbonyl (C=O) groups is 1. The van der Waals surface area contributed by atoms with Crippen molar-refractivity contribution in [3.63, 3.8) is 0 Å². The summed E-state index contributed by atoms with van der Waals surface area (Å²) < 4.78 is 65.9. The van der Waals surface area contributed by atoms with E-state index in [0.717, 1.165) is 5.56 Å². The molecule has 1 aliphatic carbocycles. The van der Waals surface area contributed by atoms with Gasteiger partial charge in [-0.3, -0.25) is 10.1 Å². The van der Waals surface area contributed by atoms with E-state index in [9.17, 15) is 26.4 Å². The number of aryl methyl sites for hydroxylation is 1. The number of benzene rings is 1. The highest BCUT2D eigenvalue weighted by Gasteiger charge is 2.44. The van der Waals surface area contributed by atoms with Crippen molar-refractivity contribution in [3.8, 4) is 6.07 Å². The summed E-state index contributed by atoms with van der Waals surface area (Å²) in [7, 11) is -2.74. The van der Waals surface area contributed by atoms with E-state index in [1.54, 1.807) is 44.2 Å². The fourth-order valence-electron chi connectivity index (χ4n) is 3.55. The first-order valence-corrected chi connectivity index (χ1v) is 11.4. The summed E-state index contributed by atoms with van der Waals surface area (Å²) in [6.07, 6.45) is -2.49. The molecule has 0 radical (unpaired) electrons. The normalized spacial score (nSPS) is 15.9. The van der Waals surface area contributed by atoms with Crippen LogP contribution < -0.4 is 10.6 Å². The zero-order valence-corrected chi connectivity index (χ0v) is 19.3. The van der Waals surface area contributed by atoms with Gasteiger partial charge in [-0.2, -0.15) is 26.9 Å². The van der Waals surface area contributed by atoms with Crippen molar-refractivity contribution in [2.75, 3.05) is 6.54 Å². The number of hydrogen-bond acceptors (Lipinski definition) is 5. The van der Waals surface area contributed by atoms with E-state index in [-0.39, 0.29) is 29.3 Å². The van der Waals surface area contributed by atoms with E-state index in [2.05, 4.69) is 10.6 Å². The molecule has 0 saturated carbocycles. The minimum absolute atomic E-state index is 0.103. The van der Waals surface area contributed by atoms with Gasteiger partial charge in [-0.05, 0) is 30.4 Å². The number of hydrogen-bond donors (Lipinski definition) is 2. The number of nitrogens with one attached hydrogen (secondary N) is 2. The van der Waals surface area contributed by atoms with Crippen molar-refractivity contribution < 1.29 is 26.4 Å². The van der Waals surface area contributed by atoms with Gasteiger partial charge in [-0.1, -0.05) is 55.8 Å². The molecule has 178 valence electrons. The van der Waals surface area contributed by atoms with Crippen LogP contribution in [0.25, 0.3) is 5.57 Å². The number of allylic oxidation sites excluding steroid dienone is 3. The summed E-state index contributed by atoms with van der Waals surface area (Å²) >= 11 is 0. The Bertz CT molecular complexity index is 1100. The smallest absolute Gasteiger partial charge is 0.342 e. The average Bonchev–Trinajstić information content (AvgIpc) is 2.74. The lowest BCUT2D eigenvalue weighted by atomic mass is 9.88. The Morgan fingerprint density at radius 3 is 2.33 bits per heavy atom. The molecule has 6 nitrogen and oxygen atoms in total. The highest BCUT2D eigenvalue weighted by Crippen LogP contribution is 2.33. The van der Waals surface area contributed by atoms with Gasteiger partial charge in [0.05, 0.1) is 17.0 Å². The van der Waals surface area contributed by atoms with Crippen molar-refractivity contribution in [1.82, 2.24) is 10.6 Å². The molecule has 10 heteroatoms. The predicted octanol–water partition coefficient (Wildman–Crippen LogP) is 3.34. The van der Waals surface area contributed by atoms with Crippen molar-refractivity contribution in [2.45, 2.75) is 51.9 Å². The molecular weight excluding hydrogens is 455 g/mol. The van der Waals surface area contributed by atoms with Crippen LogP contribution in [0.2, 0.25) is 0 Å². The van der Waals surface area contributed by atoms with Crippen LogP contribution in [0.4, 0.5) is 13.2 Å². The average molecular weight is 482 g/mol. The summed E-state index contributed by atoms with van der Waals surface area (Å²) in [5.41, 5.74) is 1.67. The Morgan fingerprint density at radius 1 is 1.18 bits per heavy atom. The summed E-state index contributed by atoms with van der Waals surface area (Å²) in [4.78, 5) is 12.2. The van der Waals surface area contributed by atoms with E-state index < -0.39 is 40.9 Å². The molecule has 2 atom stereocenters. The molecule has 0 aromatic heterocycles. The second-order valence-electron chi connectivity index (χ2n) is 8.22. The van der Waals surface area contributed by atoms with Gasteiger partial charge in [0, 0.05) is 12.0 Å². The molecule has 0 aliphatic heterocycles. The van der Waals surface area contributed by atoms with Crippen LogP contribution in [0, 0.1) is 24.2 Å². The maximum atomic E-state index is 14.0. The topological polar surface area (TPSA) is 99.1 Å². The van der Waals surface area contributed by atoms with E-state index in [4.69, 9.17) is 5.26 Å². The molecule has 0 spiro atoms. The van der Waals surface area contributed by atoms with Crippen molar-refractivity contribution in [1.29, 1.82) is 5.26 Å². The third-order valence-corrected chi connectivity index (χ3v) is 5.89. The van der Waals surface area contributed by atoms with Crippen LogP contribution in [0.3, 0.4) is 0 Å². The van der Waals surface area contributed by atoms with Gasteiger partial charge in [0.25, 0.3) is 0 Å². The van der Waals surface area contributed by atoms with Crippen molar-refractivity contribution in [2.24, 2.45) is 5.92 Å². The number of nitrogens with zero attached hydrogens (tertiary/aromatic N) is 1. The van der Waals surface area contributed by atoms with E-state index in [0.29, 0.717) is 11.1 Å². The van der Waals surface area contributed by atoms with E-state index in [1.165, 1.54) is 12.2 Å². The maximum Gasteiger partial charge on any atom is 0.407 e. The number of alkyl halides is 3. The van der Waals surface area contributed by atoms with Crippen molar-refractivity contribution >= 4 is 26.6 Å². The summed E-state index contributed by atoms with van der Waals surface area (Å²) in [5.74, 6) is -0.822. The molecule has 33 heavy (non-hydrogen) atoms. The number of halogens is 3. The Morgan fingerprint density at radius 2 is 1.82 bits per heavy atom. The minimum atomic E-state index is -4.78. The number of nitriles is 1. The number of amides is 1. The Kier molecular flexibility index (Phi) is 9.02. The number of rotatable bonds is 8. The van der Waals surface area contributed by atoms with Crippen LogP contribution in [-0.4, -0.2) is 44.0 Å². The minimum Gasteiger partial charge on any atom is -0.342 e. The second-order valence-corrected chi connectivity index (χ2v) is 9.18. The van der Waals surface area contributed by atoms with Gasteiger partial charge in [0.1, 0.15) is 12.6 Å². The Balaban J connectivity index is 2.46. The third-order valence-electron chi connectivity index (χ3n) is 5.12. The van der Waals surface area contributed by atoms with E-state index in [1.807, 2.05) is 6.92 Å². The zero-order valence-electron chi connectivity index (χ0n) is 18.5. The van der Waals surface area contributed by atoms with Crippen LogP contribution >= 0.6 is 0 Å². The Hall–Kier alpha value is -2.90. The quantitative estimate of drug-likeness (QED) is 0.438. The summed E-state index contributed by atoms with van der Waals surface area (Å²) in [6, 6.07) is 5.28. The highest BCUT2D eigenvalue weighted by atomic mass is 32.2. The van der Waals surface area contributed by atoms with Crippen LogP contribution in [-0.2, 0) is 15.1 Å².